The molecule has 6 heteroatoms. The molecule has 0 saturated carbocycles. The highest BCUT2D eigenvalue weighted by Gasteiger charge is 2.17. The molecule has 0 heterocycles. The van der Waals surface area contributed by atoms with Crippen molar-refractivity contribution in [2.45, 2.75) is 0 Å². The van der Waals surface area contributed by atoms with Gasteiger partial charge < -0.3 is 19.5 Å². The molecule has 0 atom stereocenters. The van der Waals surface area contributed by atoms with Crippen LogP contribution in [0.25, 0.3) is 0 Å². The maximum absolute atomic E-state index is 12.4. The Kier molecular flexibility index (Phi) is 5.19. The maximum atomic E-state index is 12.4. The van der Waals surface area contributed by atoms with Gasteiger partial charge >= 0.3 is 0 Å². The summed E-state index contributed by atoms with van der Waals surface area (Å²) in [6, 6.07) is 9.68. The molecule has 6 nitrogen and oxygen atoms in total. The summed E-state index contributed by atoms with van der Waals surface area (Å²) >= 11 is 0. The molecule has 120 valence electrons. The quantitative estimate of drug-likeness (QED) is 0.830. The molecule has 0 fully saturated rings. The molecule has 0 aliphatic carbocycles. The van der Waals surface area contributed by atoms with Crippen LogP contribution in [0.1, 0.15) is 20.7 Å². The van der Waals surface area contributed by atoms with Crippen molar-refractivity contribution in [2.75, 3.05) is 26.6 Å². The van der Waals surface area contributed by atoms with Gasteiger partial charge in [0.05, 0.1) is 21.3 Å². The second kappa shape index (κ2) is 7.31. The first kappa shape index (κ1) is 16.4. The molecule has 0 aromatic heterocycles. The smallest absolute Gasteiger partial charge is 0.255 e. The van der Waals surface area contributed by atoms with Gasteiger partial charge in [0.1, 0.15) is 6.29 Å². The van der Waals surface area contributed by atoms with E-state index in [1.54, 1.807) is 36.4 Å². The molecule has 0 spiro atoms. The molecule has 0 bridgehead atoms. The number of nitrogens with one attached hydrogen (secondary N) is 1. The molecule has 2 rings (SSSR count). The number of hydrogen-bond acceptors (Lipinski definition) is 5. The molecule has 1 amide bonds. The number of aldehydes is 1. The Morgan fingerprint density at radius 1 is 0.957 bits per heavy atom. The summed E-state index contributed by atoms with van der Waals surface area (Å²) in [7, 11) is 4.46. The van der Waals surface area contributed by atoms with Crippen molar-refractivity contribution in [2.24, 2.45) is 0 Å². The van der Waals surface area contributed by atoms with E-state index in [1.807, 2.05) is 0 Å². The van der Waals surface area contributed by atoms with Crippen molar-refractivity contribution in [3.8, 4) is 17.2 Å². The van der Waals surface area contributed by atoms with Crippen molar-refractivity contribution in [1.82, 2.24) is 0 Å². The zero-order valence-corrected chi connectivity index (χ0v) is 13.1. The van der Waals surface area contributed by atoms with Crippen LogP contribution in [0.15, 0.2) is 36.4 Å². The Hall–Kier alpha value is -3.02. The average molecular weight is 315 g/mol. The van der Waals surface area contributed by atoms with Gasteiger partial charge in [-0.1, -0.05) is 0 Å². The van der Waals surface area contributed by atoms with E-state index in [-0.39, 0.29) is 5.91 Å². The molecule has 0 radical (unpaired) electrons. The Bertz CT molecular complexity index is 684. The number of amides is 1. The maximum Gasteiger partial charge on any atom is 0.255 e. The van der Waals surface area contributed by atoms with Gasteiger partial charge in [0.2, 0.25) is 5.75 Å². The third-order valence-electron chi connectivity index (χ3n) is 3.23. The van der Waals surface area contributed by atoms with E-state index >= 15 is 0 Å². The van der Waals surface area contributed by atoms with Gasteiger partial charge in [-0.15, -0.1) is 0 Å². The first-order valence-electron chi connectivity index (χ1n) is 6.79. The minimum atomic E-state index is -0.330. The average Bonchev–Trinajstić information content (AvgIpc) is 2.60. The molecule has 0 aliphatic heterocycles. The van der Waals surface area contributed by atoms with E-state index in [2.05, 4.69) is 5.32 Å². The fourth-order valence-electron chi connectivity index (χ4n) is 2.06. The lowest BCUT2D eigenvalue weighted by Gasteiger charge is -2.14. The van der Waals surface area contributed by atoms with E-state index < -0.39 is 0 Å². The van der Waals surface area contributed by atoms with Crippen LogP contribution < -0.4 is 19.5 Å². The summed E-state index contributed by atoms with van der Waals surface area (Å²) in [5.74, 6) is 0.881. The highest BCUT2D eigenvalue weighted by molar-refractivity contribution is 6.05. The largest absolute Gasteiger partial charge is 0.493 e. The fraction of sp³-hybridized carbons (Fsp3) is 0.176. The van der Waals surface area contributed by atoms with Crippen molar-refractivity contribution in [3.63, 3.8) is 0 Å². The Labute approximate surface area is 134 Å². The SMILES string of the molecule is COc1cc(C(=O)Nc2ccc(C=O)cc2)cc(OC)c1OC. The second-order valence-electron chi connectivity index (χ2n) is 4.61. The molecule has 2 aromatic carbocycles. The number of carbonyl (C=O) groups excluding carboxylic acids is 2. The predicted molar refractivity (Wildman–Crippen MR) is 85.9 cm³/mol. The van der Waals surface area contributed by atoms with Gasteiger partial charge in [0, 0.05) is 16.8 Å². The van der Waals surface area contributed by atoms with Gasteiger partial charge in [-0.2, -0.15) is 0 Å². The normalized spacial score (nSPS) is 9.87. The van der Waals surface area contributed by atoms with Crippen molar-refractivity contribution >= 4 is 17.9 Å². The lowest BCUT2D eigenvalue weighted by atomic mass is 10.1. The van der Waals surface area contributed by atoms with Gasteiger partial charge in [-0.05, 0) is 36.4 Å². The highest BCUT2D eigenvalue weighted by Crippen LogP contribution is 2.38. The lowest BCUT2D eigenvalue weighted by molar-refractivity contribution is 0.102. The molecule has 0 aliphatic rings. The number of hydrogen-bond donors (Lipinski definition) is 1. The third kappa shape index (κ3) is 3.60. The summed E-state index contributed by atoms with van der Waals surface area (Å²) in [6.07, 6.45) is 0.741. The Morgan fingerprint density at radius 3 is 1.96 bits per heavy atom. The van der Waals surface area contributed by atoms with Crippen LogP contribution in [0, 0.1) is 0 Å². The van der Waals surface area contributed by atoms with Crippen molar-refractivity contribution in [1.29, 1.82) is 0 Å². The zero-order chi connectivity index (χ0) is 16.8. The van der Waals surface area contributed by atoms with Gasteiger partial charge in [0.25, 0.3) is 5.91 Å². The van der Waals surface area contributed by atoms with Crippen LogP contribution in [0.5, 0.6) is 17.2 Å². The predicted octanol–water partition coefficient (Wildman–Crippen LogP) is 2.78. The molecule has 2 aromatic rings. The number of carbonyl (C=O) groups is 2. The molecule has 0 unspecified atom stereocenters. The summed E-state index contributed by atoms with van der Waals surface area (Å²) in [5, 5.41) is 2.74. The van der Waals surface area contributed by atoms with Gasteiger partial charge in [0.15, 0.2) is 11.5 Å². The fourth-order valence-corrected chi connectivity index (χ4v) is 2.06. The van der Waals surface area contributed by atoms with Crippen molar-refractivity contribution in [3.05, 3.63) is 47.5 Å². The van der Waals surface area contributed by atoms with Crippen LogP contribution in [0.3, 0.4) is 0 Å². The van der Waals surface area contributed by atoms with Crippen LogP contribution in [-0.2, 0) is 0 Å². The standard InChI is InChI=1S/C17H17NO5/c1-21-14-8-12(9-15(22-2)16(14)23-3)17(20)18-13-6-4-11(10-19)5-7-13/h4-10H,1-3H3,(H,18,20). The summed E-state index contributed by atoms with van der Waals surface area (Å²) < 4.78 is 15.7. The molecular weight excluding hydrogens is 298 g/mol. The van der Waals surface area contributed by atoms with Crippen LogP contribution in [-0.4, -0.2) is 33.5 Å². The lowest BCUT2D eigenvalue weighted by Crippen LogP contribution is -2.12. The Morgan fingerprint density at radius 2 is 1.52 bits per heavy atom. The van der Waals surface area contributed by atoms with E-state index in [9.17, 15) is 9.59 Å². The number of benzene rings is 2. The minimum absolute atomic E-state index is 0.330. The number of methoxy groups -OCH3 is 3. The van der Waals surface area contributed by atoms with Crippen LogP contribution in [0.2, 0.25) is 0 Å². The molecular formula is C17H17NO5. The summed E-state index contributed by atoms with van der Waals surface area (Å²) in [5.41, 5.74) is 1.48. The van der Waals surface area contributed by atoms with Crippen molar-refractivity contribution < 1.29 is 23.8 Å². The highest BCUT2D eigenvalue weighted by atomic mass is 16.5. The first-order chi connectivity index (χ1) is 11.1. The summed E-state index contributed by atoms with van der Waals surface area (Å²) in [6.45, 7) is 0. The van der Waals surface area contributed by atoms with Gasteiger partial charge in [-0.25, -0.2) is 0 Å². The van der Waals surface area contributed by atoms with E-state index in [4.69, 9.17) is 14.2 Å². The third-order valence-corrected chi connectivity index (χ3v) is 3.23. The first-order valence-corrected chi connectivity index (χ1v) is 6.79. The number of anilines is 1. The second-order valence-corrected chi connectivity index (χ2v) is 4.61. The van der Waals surface area contributed by atoms with E-state index in [1.165, 1.54) is 21.3 Å². The molecule has 1 N–H and O–H groups in total. The van der Waals surface area contributed by atoms with Crippen LogP contribution in [0.4, 0.5) is 5.69 Å². The topological polar surface area (TPSA) is 73.9 Å². The van der Waals surface area contributed by atoms with Crippen LogP contribution >= 0.6 is 0 Å². The Balaban J connectivity index is 2.29. The van der Waals surface area contributed by atoms with Gasteiger partial charge in [-0.3, -0.25) is 9.59 Å². The van der Waals surface area contributed by atoms with E-state index in [0.717, 1.165) is 6.29 Å². The molecule has 23 heavy (non-hydrogen) atoms. The van der Waals surface area contributed by atoms with E-state index in [0.29, 0.717) is 34.1 Å². The minimum Gasteiger partial charge on any atom is -0.493 e. The number of rotatable bonds is 6. The number of ether oxygens (including phenoxy) is 3. The summed E-state index contributed by atoms with van der Waals surface area (Å²) in [4.78, 5) is 23.0. The molecule has 0 saturated heterocycles. The zero-order valence-electron chi connectivity index (χ0n) is 13.1. The monoisotopic (exact) mass is 315 g/mol.